The van der Waals surface area contributed by atoms with Crippen LogP contribution in [0.4, 0.5) is 0 Å². The molecule has 2 atom stereocenters. The van der Waals surface area contributed by atoms with Gasteiger partial charge in [0.15, 0.2) is 0 Å². The summed E-state index contributed by atoms with van der Waals surface area (Å²) in [6.07, 6.45) is 9.72. The molecule has 0 saturated heterocycles. The van der Waals surface area contributed by atoms with Crippen molar-refractivity contribution in [3.05, 3.63) is 0 Å². The third-order valence-corrected chi connectivity index (χ3v) is 16.1. The van der Waals surface area contributed by atoms with Crippen molar-refractivity contribution in [3.63, 3.8) is 0 Å². The Labute approximate surface area is 220 Å². The van der Waals surface area contributed by atoms with Gasteiger partial charge < -0.3 is 0 Å². The van der Waals surface area contributed by atoms with Crippen LogP contribution in [-0.2, 0) is 15.7 Å². The average molecular weight is 607 g/mol. The molecular weight excluding hydrogens is 551 g/mol. The van der Waals surface area contributed by atoms with Gasteiger partial charge in [0.05, 0.1) is 0 Å². The maximum absolute atomic E-state index is 12.8. The molecule has 0 aliphatic heterocycles. The molecule has 208 valence electrons. The van der Waals surface area contributed by atoms with Gasteiger partial charge in [0.1, 0.15) is 0 Å². The van der Waals surface area contributed by atoms with Gasteiger partial charge in [-0.1, -0.05) is 0 Å². The Hall–Kier alpha value is -0.341. The number of rotatable bonds is 22. The van der Waals surface area contributed by atoms with E-state index >= 15 is 0 Å². The Morgan fingerprint density at radius 3 is 1.26 bits per heavy atom. The molecular formula is C28H56O6Sn. The van der Waals surface area contributed by atoms with Crippen molar-refractivity contribution in [2.24, 2.45) is 11.8 Å². The Bertz CT molecular complexity index is 504. The van der Waals surface area contributed by atoms with Crippen molar-refractivity contribution in [1.82, 2.24) is 0 Å². The van der Waals surface area contributed by atoms with Gasteiger partial charge in [-0.3, -0.25) is 0 Å². The molecule has 0 aromatic heterocycles. The maximum atomic E-state index is 12.8. The molecule has 6 nitrogen and oxygen atoms in total. The van der Waals surface area contributed by atoms with Crippen LogP contribution in [0.1, 0.15) is 131 Å². The SMILES string of the molecule is CCC[CH2][Sn]([CH2]CCC)([O]C(=O)C(O)CCCCCC(C)C)[O]C(=O)C(O)CCCCCC(C)C. The van der Waals surface area contributed by atoms with Gasteiger partial charge in [-0.15, -0.1) is 0 Å². The van der Waals surface area contributed by atoms with E-state index in [1.165, 1.54) is 0 Å². The van der Waals surface area contributed by atoms with Crippen molar-refractivity contribution < 1.29 is 26.0 Å². The van der Waals surface area contributed by atoms with Crippen LogP contribution in [-0.4, -0.2) is 53.6 Å². The molecule has 0 bridgehead atoms. The van der Waals surface area contributed by atoms with Crippen molar-refractivity contribution >= 4 is 31.1 Å². The first-order valence-corrected chi connectivity index (χ1v) is 20.7. The summed E-state index contributed by atoms with van der Waals surface area (Å²) in [6, 6.07) is 0. The van der Waals surface area contributed by atoms with Crippen molar-refractivity contribution in [3.8, 4) is 0 Å². The molecule has 2 N–H and O–H groups in total. The molecule has 0 aliphatic carbocycles. The van der Waals surface area contributed by atoms with Gasteiger partial charge in [-0.2, -0.15) is 0 Å². The summed E-state index contributed by atoms with van der Waals surface area (Å²) in [5.74, 6) is 0.0178. The van der Waals surface area contributed by atoms with E-state index in [2.05, 4.69) is 41.5 Å². The summed E-state index contributed by atoms with van der Waals surface area (Å²) < 4.78 is 13.1. The molecule has 0 amide bonds. The van der Waals surface area contributed by atoms with Gasteiger partial charge in [0, 0.05) is 0 Å². The molecule has 0 heterocycles. The van der Waals surface area contributed by atoms with E-state index in [9.17, 15) is 19.8 Å². The van der Waals surface area contributed by atoms with Crippen LogP contribution in [0.15, 0.2) is 0 Å². The van der Waals surface area contributed by atoms with E-state index < -0.39 is 43.4 Å². The van der Waals surface area contributed by atoms with E-state index in [1.807, 2.05) is 0 Å². The molecule has 0 saturated carbocycles. The number of unbranched alkanes of at least 4 members (excludes halogenated alkanes) is 6. The van der Waals surface area contributed by atoms with Crippen molar-refractivity contribution in [2.45, 2.75) is 153 Å². The van der Waals surface area contributed by atoms with E-state index in [-0.39, 0.29) is 0 Å². The average Bonchev–Trinajstić information content (AvgIpc) is 2.80. The predicted octanol–water partition coefficient (Wildman–Crippen LogP) is 7.05. The first-order valence-electron chi connectivity index (χ1n) is 14.4. The second-order valence-electron chi connectivity index (χ2n) is 11.1. The standard InChI is InChI=1S/2C10H20O3.2C4H9.Sn/c2*1-8(2)6-4-3-5-7-9(11)10(12)13;2*1-3-4-2;/h2*8-9,11H,3-7H2,1-2H3,(H,12,13);2*1,3-4H2,2H3;/q;;;;+2/p-2. The minimum atomic E-state index is -4.18. The summed E-state index contributed by atoms with van der Waals surface area (Å²) in [6.45, 7) is 12.9. The zero-order valence-electron chi connectivity index (χ0n) is 23.7. The number of carbonyl (C=O) groups is 2. The molecule has 0 aliphatic rings. The Morgan fingerprint density at radius 1 is 0.600 bits per heavy atom. The van der Waals surface area contributed by atoms with E-state index in [1.54, 1.807) is 0 Å². The van der Waals surface area contributed by atoms with Crippen LogP contribution in [0, 0.1) is 11.8 Å². The first kappa shape index (κ1) is 34.7. The van der Waals surface area contributed by atoms with Gasteiger partial charge in [0.2, 0.25) is 0 Å². The van der Waals surface area contributed by atoms with Crippen LogP contribution in [0.3, 0.4) is 0 Å². The van der Waals surface area contributed by atoms with E-state index in [0.29, 0.717) is 33.6 Å². The Kier molecular flexibility index (Phi) is 20.5. The molecule has 35 heavy (non-hydrogen) atoms. The number of hydrogen-bond donors (Lipinski definition) is 2. The van der Waals surface area contributed by atoms with Gasteiger partial charge >= 0.3 is 221 Å². The van der Waals surface area contributed by atoms with Gasteiger partial charge in [-0.25, -0.2) is 0 Å². The molecule has 0 rings (SSSR count). The molecule has 2 unspecified atom stereocenters. The van der Waals surface area contributed by atoms with Gasteiger partial charge in [-0.05, 0) is 0 Å². The Balaban J connectivity index is 5.05. The summed E-state index contributed by atoms with van der Waals surface area (Å²) in [7, 11) is 0. The second kappa shape index (κ2) is 20.7. The summed E-state index contributed by atoms with van der Waals surface area (Å²) in [5.41, 5.74) is 0. The number of aliphatic hydroxyl groups is 2. The van der Waals surface area contributed by atoms with Crippen molar-refractivity contribution in [1.29, 1.82) is 0 Å². The molecule has 0 spiro atoms. The molecule has 7 heteroatoms. The molecule has 0 aromatic rings. The zero-order valence-corrected chi connectivity index (χ0v) is 26.5. The Morgan fingerprint density at radius 2 is 0.943 bits per heavy atom. The molecule has 0 radical (unpaired) electrons. The van der Waals surface area contributed by atoms with Crippen LogP contribution < -0.4 is 0 Å². The van der Waals surface area contributed by atoms with Crippen LogP contribution in [0.5, 0.6) is 0 Å². The van der Waals surface area contributed by atoms with Crippen molar-refractivity contribution in [2.75, 3.05) is 0 Å². The zero-order chi connectivity index (χ0) is 26.7. The van der Waals surface area contributed by atoms with Crippen LogP contribution in [0.25, 0.3) is 0 Å². The number of hydrogen-bond acceptors (Lipinski definition) is 6. The quantitative estimate of drug-likeness (QED) is 0.101. The summed E-state index contributed by atoms with van der Waals surface area (Å²) in [4.78, 5) is 25.7. The summed E-state index contributed by atoms with van der Waals surface area (Å²) >= 11 is -4.18. The minimum absolute atomic E-state index is 0.368. The van der Waals surface area contributed by atoms with Crippen LogP contribution in [0.2, 0.25) is 8.87 Å². The third kappa shape index (κ3) is 17.7. The predicted molar refractivity (Wildman–Crippen MR) is 145 cm³/mol. The normalized spacial score (nSPS) is 13.8. The fourth-order valence-electron chi connectivity index (χ4n) is 4.11. The number of aliphatic hydroxyl groups excluding tert-OH is 2. The number of carbonyl (C=O) groups excluding carboxylic acids is 2. The molecule has 0 aromatic carbocycles. The monoisotopic (exact) mass is 608 g/mol. The summed E-state index contributed by atoms with van der Waals surface area (Å²) in [5, 5.41) is 20.9. The fourth-order valence-corrected chi connectivity index (χ4v) is 14.1. The topological polar surface area (TPSA) is 93.1 Å². The fraction of sp³-hybridized carbons (Fsp3) is 0.929. The van der Waals surface area contributed by atoms with E-state index in [4.69, 9.17) is 6.15 Å². The van der Waals surface area contributed by atoms with Crippen LogP contribution >= 0.6 is 0 Å². The third-order valence-electron chi connectivity index (χ3n) is 6.46. The first-order chi connectivity index (χ1) is 16.6. The van der Waals surface area contributed by atoms with Gasteiger partial charge in [0.25, 0.3) is 0 Å². The second-order valence-corrected chi connectivity index (χ2v) is 20.3. The molecule has 0 fully saturated rings. The van der Waals surface area contributed by atoms with E-state index in [0.717, 1.165) is 77.0 Å².